The predicted molar refractivity (Wildman–Crippen MR) is 45.0 cm³/mol. The molecule has 72 valence electrons. The monoisotopic (exact) mass is 184 g/mol. The number of carbonyl (C=O) groups excluding carboxylic acids is 1. The number of hydrogen-bond donors (Lipinski definition) is 2. The normalized spacial score (nSPS) is 12.5. The van der Waals surface area contributed by atoms with Gasteiger partial charge in [-0.3, -0.25) is 4.79 Å². The average Bonchev–Trinajstić information content (AvgIpc) is 2.67. The van der Waals surface area contributed by atoms with Crippen molar-refractivity contribution in [2.75, 3.05) is 13.7 Å². The smallest absolute Gasteiger partial charge is 0.276 e. The summed E-state index contributed by atoms with van der Waals surface area (Å²) in [5, 5.41) is 18.3. The van der Waals surface area contributed by atoms with Crippen molar-refractivity contribution in [3.63, 3.8) is 0 Å². The molecule has 13 heavy (non-hydrogen) atoms. The molecule has 0 fully saturated rings. The summed E-state index contributed by atoms with van der Waals surface area (Å²) >= 11 is 0. The van der Waals surface area contributed by atoms with Gasteiger partial charge < -0.3 is 10.0 Å². The van der Waals surface area contributed by atoms with Gasteiger partial charge in [-0.2, -0.15) is 15.4 Å². The Bertz CT molecular complexity index is 272. The number of nitrogens with one attached hydrogen (secondary N) is 1. The van der Waals surface area contributed by atoms with Crippen molar-refractivity contribution in [2.24, 2.45) is 0 Å². The summed E-state index contributed by atoms with van der Waals surface area (Å²) in [5.74, 6) is -0.254. The molecule has 0 bridgehead atoms. The molecule has 0 aliphatic carbocycles. The molecule has 1 atom stereocenters. The van der Waals surface area contributed by atoms with Crippen LogP contribution in [0.1, 0.15) is 17.4 Å². The Morgan fingerprint density at radius 3 is 3.00 bits per heavy atom. The summed E-state index contributed by atoms with van der Waals surface area (Å²) in [6.07, 6.45) is 1.35. The van der Waals surface area contributed by atoms with Gasteiger partial charge in [0.15, 0.2) is 5.69 Å². The van der Waals surface area contributed by atoms with Crippen LogP contribution in [0, 0.1) is 0 Å². The van der Waals surface area contributed by atoms with Crippen LogP contribution < -0.4 is 0 Å². The molecule has 1 unspecified atom stereocenters. The van der Waals surface area contributed by atoms with Crippen molar-refractivity contribution in [3.05, 3.63) is 11.9 Å². The van der Waals surface area contributed by atoms with Gasteiger partial charge in [-0.1, -0.05) is 0 Å². The van der Waals surface area contributed by atoms with Crippen molar-refractivity contribution in [1.82, 2.24) is 20.3 Å². The Hall–Kier alpha value is -1.43. The number of nitrogens with zero attached hydrogens (tertiary/aromatic N) is 3. The zero-order valence-electron chi connectivity index (χ0n) is 7.56. The van der Waals surface area contributed by atoms with Crippen LogP contribution in [0.15, 0.2) is 6.20 Å². The van der Waals surface area contributed by atoms with E-state index < -0.39 is 0 Å². The molecule has 1 rings (SSSR count). The third-order valence-electron chi connectivity index (χ3n) is 1.88. The van der Waals surface area contributed by atoms with E-state index in [4.69, 9.17) is 5.11 Å². The van der Waals surface area contributed by atoms with Crippen LogP contribution in [0.5, 0.6) is 0 Å². The first-order valence-corrected chi connectivity index (χ1v) is 3.90. The quantitative estimate of drug-likeness (QED) is 0.648. The topological polar surface area (TPSA) is 82.1 Å². The standard InChI is InChI=1S/C7H12N4O2/c1-5(4-12)11(2)7(13)6-3-8-10-9-6/h3,5,12H,4H2,1-2H3,(H,8,9,10). The lowest BCUT2D eigenvalue weighted by Gasteiger charge is -2.21. The van der Waals surface area contributed by atoms with Crippen LogP contribution >= 0.6 is 0 Å². The fraction of sp³-hybridized carbons (Fsp3) is 0.571. The van der Waals surface area contributed by atoms with E-state index in [1.54, 1.807) is 14.0 Å². The number of aromatic nitrogens is 3. The molecule has 0 radical (unpaired) electrons. The third kappa shape index (κ3) is 2.03. The fourth-order valence-electron chi connectivity index (χ4n) is 0.808. The molecule has 2 N–H and O–H groups in total. The zero-order chi connectivity index (χ0) is 9.84. The molecule has 0 aliphatic heterocycles. The predicted octanol–water partition coefficient (Wildman–Crippen LogP) is -0.743. The molecule has 0 saturated heterocycles. The van der Waals surface area contributed by atoms with E-state index in [1.807, 2.05) is 0 Å². The summed E-state index contributed by atoms with van der Waals surface area (Å²) in [7, 11) is 1.61. The molecule has 1 heterocycles. The number of amides is 1. The van der Waals surface area contributed by atoms with E-state index in [0.717, 1.165) is 0 Å². The van der Waals surface area contributed by atoms with Gasteiger partial charge in [0.25, 0.3) is 5.91 Å². The second-order valence-electron chi connectivity index (χ2n) is 2.80. The van der Waals surface area contributed by atoms with Crippen molar-refractivity contribution in [3.8, 4) is 0 Å². The van der Waals surface area contributed by atoms with Gasteiger partial charge in [0.1, 0.15) is 0 Å². The highest BCUT2D eigenvalue weighted by atomic mass is 16.3. The lowest BCUT2D eigenvalue weighted by Crippen LogP contribution is -2.37. The molecule has 0 aliphatic rings. The Balaban J connectivity index is 2.68. The number of likely N-dealkylation sites (N-methyl/N-ethyl adjacent to an activating group) is 1. The van der Waals surface area contributed by atoms with Crippen molar-refractivity contribution in [1.29, 1.82) is 0 Å². The van der Waals surface area contributed by atoms with Crippen LogP contribution in [0.2, 0.25) is 0 Å². The van der Waals surface area contributed by atoms with Crippen LogP contribution in [0.3, 0.4) is 0 Å². The first-order chi connectivity index (χ1) is 6.16. The van der Waals surface area contributed by atoms with E-state index in [1.165, 1.54) is 11.1 Å². The van der Waals surface area contributed by atoms with Crippen molar-refractivity contribution < 1.29 is 9.90 Å². The molecule has 0 saturated carbocycles. The maximum absolute atomic E-state index is 11.5. The summed E-state index contributed by atoms with van der Waals surface area (Å²) in [6, 6.07) is -0.218. The van der Waals surface area contributed by atoms with E-state index >= 15 is 0 Å². The Morgan fingerprint density at radius 2 is 2.54 bits per heavy atom. The second-order valence-corrected chi connectivity index (χ2v) is 2.80. The highest BCUT2D eigenvalue weighted by Gasteiger charge is 2.18. The molecule has 1 aromatic heterocycles. The van der Waals surface area contributed by atoms with Crippen molar-refractivity contribution >= 4 is 5.91 Å². The van der Waals surface area contributed by atoms with E-state index in [0.29, 0.717) is 0 Å². The highest BCUT2D eigenvalue weighted by molar-refractivity contribution is 5.91. The third-order valence-corrected chi connectivity index (χ3v) is 1.88. The number of aliphatic hydroxyl groups is 1. The minimum Gasteiger partial charge on any atom is -0.394 e. The molecule has 6 nitrogen and oxygen atoms in total. The van der Waals surface area contributed by atoms with Gasteiger partial charge in [-0.25, -0.2) is 0 Å². The number of aliphatic hydroxyl groups excluding tert-OH is 1. The SMILES string of the molecule is CC(CO)N(C)C(=O)c1cn[nH]n1. The summed E-state index contributed by atoms with van der Waals surface area (Å²) in [5.41, 5.74) is 0.253. The van der Waals surface area contributed by atoms with E-state index in [2.05, 4.69) is 15.4 Å². The number of aromatic amines is 1. The largest absolute Gasteiger partial charge is 0.394 e. The van der Waals surface area contributed by atoms with E-state index in [9.17, 15) is 4.79 Å². The van der Waals surface area contributed by atoms with Crippen LogP contribution in [-0.4, -0.2) is 51.0 Å². The molecular formula is C7H12N4O2. The van der Waals surface area contributed by atoms with Gasteiger partial charge >= 0.3 is 0 Å². The molecule has 1 amide bonds. The molecule has 0 aromatic carbocycles. The van der Waals surface area contributed by atoms with Crippen LogP contribution in [0.4, 0.5) is 0 Å². The lowest BCUT2D eigenvalue weighted by atomic mass is 10.3. The molecule has 0 spiro atoms. The van der Waals surface area contributed by atoms with E-state index in [-0.39, 0.29) is 24.2 Å². The summed E-state index contributed by atoms with van der Waals surface area (Å²) < 4.78 is 0. The molecular weight excluding hydrogens is 172 g/mol. The first-order valence-electron chi connectivity index (χ1n) is 3.90. The Labute approximate surface area is 75.6 Å². The van der Waals surface area contributed by atoms with Gasteiger partial charge in [-0.15, -0.1) is 0 Å². The zero-order valence-corrected chi connectivity index (χ0v) is 7.56. The summed E-state index contributed by atoms with van der Waals surface area (Å²) in [4.78, 5) is 12.9. The molecule has 6 heteroatoms. The number of carbonyl (C=O) groups is 1. The lowest BCUT2D eigenvalue weighted by molar-refractivity contribution is 0.0676. The highest BCUT2D eigenvalue weighted by Crippen LogP contribution is 2.01. The fourth-order valence-corrected chi connectivity index (χ4v) is 0.808. The van der Waals surface area contributed by atoms with Gasteiger partial charge in [-0.05, 0) is 6.92 Å². The number of H-pyrrole nitrogens is 1. The Kier molecular flexibility index (Phi) is 2.97. The Morgan fingerprint density at radius 1 is 1.85 bits per heavy atom. The average molecular weight is 184 g/mol. The second kappa shape index (κ2) is 3.99. The van der Waals surface area contributed by atoms with Crippen LogP contribution in [-0.2, 0) is 0 Å². The minimum atomic E-state index is -0.254. The maximum Gasteiger partial charge on any atom is 0.276 e. The summed E-state index contributed by atoms with van der Waals surface area (Å²) in [6.45, 7) is 1.68. The molecule has 1 aromatic rings. The van der Waals surface area contributed by atoms with Crippen molar-refractivity contribution in [2.45, 2.75) is 13.0 Å². The maximum atomic E-state index is 11.5. The number of hydrogen-bond acceptors (Lipinski definition) is 4. The minimum absolute atomic E-state index is 0.0694. The van der Waals surface area contributed by atoms with Gasteiger partial charge in [0.05, 0.1) is 18.8 Å². The van der Waals surface area contributed by atoms with Gasteiger partial charge in [0.2, 0.25) is 0 Å². The van der Waals surface area contributed by atoms with Crippen LogP contribution in [0.25, 0.3) is 0 Å². The number of rotatable bonds is 3. The van der Waals surface area contributed by atoms with Gasteiger partial charge in [0, 0.05) is 7.05 Å². The first kappa shape index (κ1) is 9.66.